The molecule has 2 fully saturated rings. The van der Waals surface area contributed by atoms with Gasteiger partial charge in [0.05, 0.1) is 0 Å². The molecule has 0 spiro atoms. The molecule has 2 nitrogen and oxygen atoms in total. The molecule has 1 unspecified atom stereocenters. The molecule has 1 N–H and O–H groups in total. The van der Waals surface area contributed by atoms with Crippen LogP contribution in [0.2, 0.25) is 5.02 Å². The zero-order valence-corrected chi connectivity index (χ0v) is 11.7. The van der Waals surface area contributed by atoms with E-state index >= 15 is 0 Å². The normalized spacial score (nSPS) is 25.0. The van der Waals surface area contributed by atoms with E-state index in [0.29, 0.717) is 6.04 Å². The lowest BCUT2D eigenvalue weighted by Gasteiger charge is -2.28. The smallest absolute Gasteiger partial charge is 0.0410 e. The molecule has 0 radical (unpaired) electrons. The lowest BCUT2D eigenvalue weighted by molar-refractivity contribution is 0.490. The van der Waals surface area contributed by atoms with Crippen molar-refractivity contribution in [3.8, 4) is 0 Å². The minimum absolute atomic E-state index is 0.683. The quantitative estimate of drug-likeness (QED) is 0.882. The van der Waals surface area contributed by atoms with Gasteiger partial charge in [0.1, 0.15) is 0 Å². The molecule has 0 aromatic heterocycles. The fraction of sp³-hybridized carbons (Fsp3) is 0.600. The average Bonchev–Trinajstić information content (AvgIpc) is 3.15. The van der Waals surface area contributed by atoms with Gasteiger partial charge >= 0.3 is 0 Å². The lowest BCUT2D eigenvalue weighted by atomic mass is 10.1. The molecule has 2 aliphatic rings. The highest BCUT2D eigenvalue weighted by Gasteiger charge is 2.33. The largest absolute Gasteiger partial charge is 0.370 e. The van der Waals surface area contributed by atoms with E-state index in [9.17, 15) is 0 Å². The van der Waals surface area contributed by atoms with Gasteiger partial charge in [0, 0.05) is 29.8 Å². The van der Waals surface area contributed by atoms with Crippen LogP contribution in [0.15, 0.2) is 18.2 Å². The standard InChI is InChI=1S/C15H21ClN2/c1-11-9-13(16)5-6-15(11)18-8-2-7-17-14(10-18)12-3-4-12/h5-6,9,12,14,17H,2-4,7-8,10H2,1H3. The van der Waals surface area contributed by atoms with Crippen molar-refractivity contribution in [3.63, 3.8) is 0 Å². The molecule has 1 aliphatic heterocycles. The average molecular weight is 265 g/mol. The van der Waals surface area contributed by atoms with Gasteiger partial charge in [-0.05, 0) is 62.4 Å². The van der Waals surface area contributed by atoms with Crippen LogP contribution in [0.5, 0.6) is 0 Å². The maximum atomic E-state index is 6.05. The molecule has 3 rings (SSSR count). The van der Waals surface area contributed by atoms with Gasteiger partial charge in [-0.2, -0.15) is 0 Å². The van der Waals surface area contributed by atoms with Crippen molar-refractivity contribution in [2.75, 3.05) is 24.5 Å². The zero-order valence-electron chi connectivity index (χ0n) is 11.0. The molecule has 1 saturated carbocycles. The summed E-state index contributed by atoms with van der Waals surface area (Å²) in [5.74, 6) is 0.915. The molecule has 1 saturated heterocycles. The fourth-order valence-electron chi connectivity index (χ4n) is 2.96. The Kier molecular flexibility index (Phi) is 3.49. The highest BCUT2D eigenvalue weighted by atomic mass is 35.5. The van der Waals surface area contributed by atoms with E-state index < -0.39 is 0 Å². The van der Waals surface area contributed by atoms with Gasteiger partial charge in [-0.3, -0.25) is 0 Å². The van der Waals surface area contributed by atoms with Gasteiger partial charge in [0.25, 0.3) is 0 Å². The third-order valence-corrected chi connectivity index (χ3v) is 4.35. The summed E-state index contributed by atoms with van der Waals surface area (Å²) < 4.78 is 0. The second kappa shape index (κ2) is 5.10. The molecule has 1 aromatic rings. The van der Waals surface area contributed by atoms with E-state index in [1.54, 1.807) is 0 Å². The molecular formula is C15H21ClN2. The maximum Gasteiger partial charge on any atom is 0.0410 e. The summed E-state index contributed by atoms with van der Waals surface area (Å²) in [5.41, 5.74) is 2.65. The van der Waals surface area contributed by atoms with E-state index in [4.69, 9.17) is 11.6 Å². The van der Waals surface area contributed by atoms with Crippen LogP contribution in [-0.2, 0) is 0 Å². The number of aryl methyl sites for hydroxylation is 1. The van der Waals surface area contributed by atoms with Crippen LogP contribution < -0.4 is 10.2 Å². The zero-order chi connectivity index (χ0) is 12.5. The van der Waals surface area contributed by atoms with Gasteiger partial charge in [-0.1, -0.05) is 11.6 Å². The van der Waals surface area contributed by atoms with E-state index in [0.717, 1.165) is 30.6 Å². The van der Waals surface area contributed by atoms with Crippen molar-refractivity contribution in [2.45, 2.75) is 32.2 Å². The van der Waals surface area contributed by atoms with Gasteiger partial charge in [-0.15, -0.1) is 0 Å². The minimum atomic E-state index is 0.683. The molecule has 98 valence electrons. The second-order valence-electron chi connectivity index (χ2n) is 5.63. The first-order valence-electron chi connectivity index (χ1n) is 6.98. The molecule has 0 amide bonds. The van der Waals surface area contributed by atoms with Crippen LogP contribution in [0.1, 0.15) is 24.8 Å². The summed E-state index contributed by atoms with van der Waals surface area (Å²) in [6.07, 6.45) is 4.04. The molecule has 3 heteroatoms. The lowest BCUT2D eigenvalue weighted by Crippen LogP contribution is -2.39. The molecule has 1 heterocycles. The summed E-state index contributed by atoms with van der Waals surface area (Å²) in [4.78, 5) is 2.54. The van der Waals surface area contributed by atoms with Crippen molar-refractivity contribution in [1.82, 2.24) is 5.32 Å². The van der Waals surface area contributed by atoms with E-state index in [1.165, 1.54) is 30.5 Å². The molecule has 1 aliphatic carbocycles. The molecule has 1 aromatic carbocycles. The van der Waals surface area contributed by atoms with Gasteiger partial charge in [-0.25, -0.2) is 0 Å². The summed E-state index contributed by atoms with van der Waals surface area (Å²) in [6, 6.07) is 6.94. The molecule has 0 bridgehead atoms. The fourth-order valence-corrected chi connectivity index (χ4v) is 3.18. The number of nitrogens with zero attached hydrogens (tertiary/aromatic N) is 1. The van der Waals surface area contributed by atoms with Crippen molar-refractivity contribution in [2.24, 2.45) is 5.92 Å². The van der Waals surface area contributed by atoms with Crippen LogP contribution in [0.4, 0.5) is 5.69 Å². The summed E-state index contributed by atoms with van der Waals surface area (Å²) in [5, 5.41) is 4.54. The van der Waals surface area contributed by atoms with Gasteiger partial charge < -0.3 is 10.2 Å². The van der Waals surface area contributed by atoms with Gasteiger partial charge in [0.15, 0.2) is 0 Å². The molecule has 1 atom stereocenters. The third kappa shape index (κ3) is 2.65. The van der Waals surface area contributed by atoms with Crippen LogP contribution in [0.25, 0.3) is 0 Å². The Morgan fingerprint density at radius 1 is 1.33 bits per heavy atom. The Hall–Kier alpha value is -0.730. The molecular weight excluding hydrogens is 244 g/mol. The highest BCUT2D eigenvalue weighted by molar-refractivity contribution is 6.30. The predicted octanol–water partition coefficient (Wildman–Crippen LogP) is 3.23. The minimum Gasteiger partial charge on any atom is -0.370 e. The first-order valence-corrected chi connectivity index (χ1v) is 7.36. The summed E-state index contributed by atoms with van der Waals surface area (Å²) in [6.45, 7) is 5.61. The predicted molar refractivity (Wildman–Crippen MR) is 77.5 cm³/mol. The summed E-state index contributed by atoms with van der Waals surface area (Å²) >= 11 is 6.05. The second-order valence-corrected chi connectivity index (χ2v) is 6.06. The van der Waals surface area contributed by atoms with Crippen LogP contribution in [0.3, 0.4) is 0 Å². The Morgan fingerprint density at radius 2 is 2.17 bits per heavy atom. The SMILES string of the molecule is Cc1cc(Cl)ccc1N1CCCNC(C2CC2)C1. The Labute approximate surface area is 114 Å². The third-order valence-electron chi connectivity index (χ3n) is 4.12. The monoisotopic (exact) mass is 264 g/mol. The van der Waals surface area contributed by atoms with E-state index in [2.05, 4.69) is 29.3 Å². The van der Waals surface area contributed by atoms with Crippen LogP contribution in [0, 0.1) is 12.8 Å². The molecule has 18 heavy (non-hydrogen) atoms. The Balaban J connectivity index is 1.80. The number of hydrogen-bond acceptors (Lipinski definition) is 2. The summed E-state index contributed by atoms with van der Waals surface area (Å²) in [7, 11) is 0. The van der Waals surface area contributed by atoms with Crippen molar-refractivity contribution in [1.29, 1.82) is 0 Å². The number of anilines is 1. The number of halogens is 1. The number of benzene rings is 1. The Bertz CT molecular complexity index is 429. The van der Waals surface area contributed by atoms with Crippen LogP contribution >= 0.6 is 11.6 Å². The highest BCUT2D eigenvalue weighted by Crippen LogP contribution is 2.34. The van der Waals surface area contributed by atoms with Crippen molar-refractivity contribution >= 4 is 17.3 Å². The number of rotatable bonds is 2. The Morgan fingerprint density at radius 3 is 2.89 bits per heavy atom. The van der Waals surface area contributed by atoms with E-state index in [1.807, 2.05) is 6.07 Å². The maximum absolute atomic E-state index is 6.05. The van der Waals surface area contributed by atoms with Crippen molar-refractivity contribution in [3.05, 3.63) is 28.8 Å². The topological polar surface area (TPSA) is 15.3 Å². The van der Waals surface area contributed by atoms with Gasteiger partial charge in [0.2, 0.25) is 0 Å². The first-order chi connectivity index (χ1) is 8.74. The van der Waals surface area contributed by atoms with E-state index in [-0.39, 0.29) is 0 Å². The van der Waals surface area contributed by atoms with Crippen molar-refractivity contribution < 1.29 is 0 Å². The van der Waals surface area contributed by atoms with Crippen LogP contribution in [-0.4, -0.2) is 25.7 Å². The number of nitrogens with one attached hydrogen (secondary N) is 1. The first kappa shape index (κ1) is 12.3. The number of hydrogen-bond donors (Lipinski definition) is 1.